The molecule has 2 heterocycles. The Hall–Kier alpha value is -2.34. The normalized spacial score (nSPS) is 15.9. The number of H-pyrrole nitrogens is 1. The molecule has 1 atom stereocenters. The van der Waals surface area contributed by atoms with Gasteiger partial charge >= 0.3 is 0 Å². The topological polar surface area (TPSA) is 74.4 Å². The van der Waals surface area contributed by atoms with Gasteiger partial charge in [0.1, 0.15) is 5.75 Å². The lowest BCUT2D eigenvalue weighted by Gasteiger charge is -2.23. The van der Waals surface area contributed by atoms with Gasteiger partial charge < -0.3 is 15.0 Å². The predicted molar refractivity (Wildman–Crippen MR) is 103 cm³/mol. The van der Waals surface area contributed by atoms with Crippen molar-refractivity contribution in [1.29, 1.82) is 0 Å². The molecule has 1 unspecified atom stereocenters. The summed E-state index contributed by atoms with van der Waals surface area (Å²) in [5, 5.41) is 3.90. The number of aryl methyl sites for hydroxylation is 1. The van der Waals surface area contributed by atoms with Crippen molar-refractivity contribution in [3.63, 3.8) is 0 Å². The number of nitrogens with one attached hydrogen (secondary N) is 2. The third-order valence-electron chi connectivity index (χ3n) is 5.11. The van der Waals surface area contributed by atoms with Crippen molar-refractivity contribution in [2.75, 3.05) is 26.7 Å². The van der Waals surface area contributed by atoms with Gasteiger partial charge in [-0.3, -0.25) is 14.5 Å². The van der Waals surface area contributed by atoms with Crippen molar-refractivity contribution < 1.29 is 9.53 Å². The molecule has 1 aliphatic rings. The zero-order valence-corrected chi connectivity index (χ0v) is 15.5. The van der Waals surface area contributed by atoms with Crippen molar-refractivity contribution >= 4 is 16.8 Å². The molecule has 1 aromatic heterocycles. The number of methoxy groups -OCH3 is 1. The maximum atomic E-state index is 12.2. The second-order valence-corrected chi connectivity index (χ2v) is 6.97. The first-order valence-electron chi connectivity index (χ1n) is 9.27. The van der Waals surface area contributed by atoms with Gasteiger partial charge in [-0.1, -0.05) is 0 Å². The quantitative estimate of drug-likeness (QED) is 0.796. The van der Waals surface area contributed by atoms with Gasteiger partial charge in [0, 0.05) is 35.5 Å². The molecule has 0 aliphatic carbocycles. The number of benzene rings is 1. The molecule has 1 saturated heterocycles. The highest BCUT2D eigenvalue weighted by Gasteiger charge is 2.18. The van der Waals surface area contributed by atoms with E-state index < -0.39 is 0 Å². The molecule has 2 N–H and O–H groups in total. The highest BCUT2D eigenvalue weighted by atomic mass is 16.5. The number of carbonyl (C=O) groups is 1. The van der Waals surface area contributed by atoms with E-state index in [0.717, 1.165) is 29.7 Å². The Kier molecular flexibility index (Phi) is 5.93. The number of rotatable bonds is 7. The Morgan fingerprint density at radius 2 is 2.08 bits per heavy atom. The first-order valence-corrected chi connectivity index (χ1v) is 9.27. The van der Waals surface area contributed by atoms with E-state index in [0.29, 0.717) is 31.0 Å². The van der Waals surface area contributed by atoms with Crippen LogP contribution in [0.2, 0.25) is 0 Å². The van der Waals surface area contributed by atoms with E-state index in [1.54, 1.807) is 7.11 Å². The Morgan fingerprint density at radius 3 is 2.81 bits per heavy atom. The molecular formula is C20H27N3O3. The minimum absolute atomic E-state index is 0.0128. The van der Waals surface area contributed by atoms with Gasteiger partial charge in [-0.2, -0.15) is 0 Å². The summed E-state index contributed by atoms with van der Waals surface area (Å²) in [7, 11) is 1.61. The van der Waals surface area contributed by atoms with Gasteiger partial charge in [0.25, 0.3) is 5.56 Å². The molecule has 6 heteroatoms. The zero-order chi connectivity index (χ0) is 18.5. The molecule has 1 aliphatic heterocycles. The van der Waals surface area contributed by atoms with Crippen molar-refractivity contribution in [3.8, 4) is 5.75 Å². The Labute approximate surface area is 153 Å². The van der Waals surface area contributed by atoms with Gasteiger partial charge in [-0.25, -0.2) is 0 Å². The summed E-state index contributed by atoms with van der Waals surface area (Å²) >= 11 is 0. The SMILES string of the molecule is COc1ccc2[nH]c(=O)c(CCC(=O)NCC(C)N3CCCC3)cc2c1. The fraction of sp³-hybridized carbons (Fsp3) is 0.500. The molecule has 26 heavy (non-hydrogen) atoms. The zero-order valence-electron chi connectivity index (χ0n) is 15.5. The fourth-order valence-corrected chi connectivity index (χ4v) is 3.45. The Balaban J connectivity index is 1.57. The Morgan fingerprint density at radius 1 is 1.31 bits per heavy atom. The van der Waals surface area contributed by atoms with Gasteiger partial charge in [-0.05, 0) is 63.5 Å². The molecule has 1 amide bonds. The average molecular weight is 357 g/mol. The number of ether oxygens (including phenoxy) is 1. The maximum absolute atomic E-state index is 12.2. The summed E-state index contributed by atoms with van der Waals surface area (Å²) in [5.41, 5.74) is 1.25. The van der Waals surface area contributed by atoms with Crippen LogP contribution < -0.4 is 15.6 Å². The number of likely N-dealkylation sites (tertiary alicyclic amines) is 1. The first kappa shape index (κ1) is 18.5. The second-order valence-electron chi connectivity index (χ2n) is 6.97. The minimum atomic E-state index is -0.138. The number of pyridine rings is 1. The van der Waals surface area contributed by atoms with E-state index in [1.165, 1.54) is 12.8 Å². The summed E-state index contributed by atoms with van der Waals surface area (Å²) in [5.74, 6) is 0.727. The van der Waals surface area contributed by atoms with Crippen LogP contribution >= 0.6 is 0 Å². The minimum Gasteiger partial charge on any atom is -0.497 e. The lowest BCUT2D eigenvalue weighted by Crippen LogP contribution is -2.40. The van der Waals surface area contributed by atoms with Gasteiger partial charge in [0.05, 0.1) is 7.11 Å². The Bertz CT molecular complexity index is 825. The van der Waals surface area contributed by atoms with E-state index in [2.05, 4.69) is 22.1 Å². The van der Waals surface area contributed by atoms with Crippen molar-refractivity contribution in [1.82, 2.24) is 15.2 Å². The monoisotopic (exact) mass is 357 g/mol. The molecule has 140 valence electrons. The highest BCUT2D eigenvalue weighted by Crippen LogP contribution is 2.19. The summed E-state index contributed by atoms with van der Waals surface area (Å²) in [6.45, 7) is 5.04. The molecule has 0 saturated carbocycles. The van der Waals surface area contributed by atoms with E-state index in [-0.39, 0.29) is 11.5 Å². The van der Waals surface area contributed by atoms with Crippen molar-refractivity contribution in [2.45, 2.75) is 38.6 Å². The van der Waals surface area contributed by atoms with Gasteiger partial charge in [0.2, 0.25) is 5.91 Å². The third kappa shape index (κ3) is 4.43. The molecule has 0 bridgehead atoms. The molecule has 6 nitrogen and oxygen atoms in total. The fourth-order valence-electron chi connectivity index (χ4n) is 3.45. The van der Waals surface area contributed by atoms with Crippen molar-refractivity contribution in [2.24, 2.45) is 0 Å². The van der Waals surface area contributed by atoms with Crippen LogP contribution in [0.3, 0.4) is 0 Å². The molecular weight excluding hydrogens is 330 g/mol. The number of carbonyl (C=O) groups excluding carboxylic acids is 1. The van der Waals surface area contributed by atoms with Gasteiger partial charge in [-0.15, -0.1) is 0 Å². The van der Waals surface area contributed by atoms with Crippen LogP contribution in [0.1, 0.15) is 31.7 Å². The predicted octanol–water partition coefficient (Wildman–Crippen LogP) is 2.07. The summed E-state index contributed by atoms with van der Waals surface area (Å²) < 4.78 is 5.23. The lowest BCUT2D eigenvalue weighted by molar-refractivity contribution is -0.121. The number of hydrogen-bond acceptors (Lipinski definition) is 4. The van der Waals surface area contributed by atoms with Crippen LogP contribution in [0.25, 0.3) is 10.9 Å². The maximum Gasteiger partial charge on any atom is 0.251 e. The summed E-state index contributed by atoms with van der Waals surface area (Å²) in [6.07, 6.45) is 3.22. The number of aromatic amines is 1. The smallest absolute Gasteiger partial charge is 0.251 e. The second kappa shape index (κ2) is 8.36. The number of hydrogen-bond donors (Lipinski definition) is 2. The van der Waals surface area contributed by atoms with Crippen LogP contribution in [-0.4, -0.2) is 48.6 Å². The lowest BCUT2D eigenvalue weighted by atomic mass is 10.1. The number of aromatic nitrogens is 1. The van der Waals surface area contributed by atoms with Gasteiger partial charge in [0.15, 0.2) is 0 Å². The summed E-state index contributed by atoms with van der Waals surface area (Å²) in [4.78, 5) is 29.6. The van der Waals surface area contributed by atoms with E-state index in [4.69, 9.17) is 4.74 Å². The first-order chi connectivity index (χ1) is 12.6. The van der Waals surface area contributed by atoms with Crippen LogP contribution in [0.4, 0.5) is 0 Å². The van der Waals surface area contributed by atoms with Crippen LogP contribution in [-0.2, 0) is 11.2 Å². The van der Waals surface area contributed by atoms with Crippen LogP contribution in [0, 0.1) is 0 Å². The number of fused-ring (bicyclic) bond motifs is 1. The number of amides is 1. The molecule has 0 spiro atoms. The third-order valence-corrected chi connectivity index (χ3v) is 5.11. The molecule has 3 rings (SSSR count). The van der Waals surface area contributed by atoms with Crippen LogP contribution in [0.5, 0.6) is 5.75 Å². The van der Waals surface area contributed by atoms with E-state index in [1.807, 2.05) is 24.3 Å². The number of nitrogens with zero attached hydrogens (tertiary/aromatic N) is 1. The summed E-state index contributed by atoms with van der Waals surface area (Å²) in [6, 6.07) is 7.72. The van der Waals surface area contributed by atoms with Crippen LogP contribution in [0.15, 0.2) is 29.1 Å². The molecule has 2 aromatic rings. The van der Waals surface area contributed by atoms with Crippen molar-refractivity contribution in [3.05, 3.63) is 40.2 Å². The van der Waals surface area contributed by atoms with E-state index in [9.17, 15) is 9.59 Å². The molecule has 1 fully saturated rings. The highest BCUT2D eigenvalue weighted by molar-refractivity contribution is 5.81. The molecule has 1 aromatic carbocycles. The standard InChI is InChI=1S/C20H27N3O3/c1-14(23-9-3-4-10-23)13-21-19(24)8-5-15-11-16-12-17(26-2)6-7-18(16)22-20(15)25/h6-7,11-12,14H,3-5,8-10,13H2,1-2H3,(H,21,24)(H,22,25). The van der Waals surface area contributed by atoms with E-state index >= 15 is 0 Å². The molecule has 0 radical (unpaired) electrons. The largest absolute Gasteiger partial charge is 0.497 e. The average Bonchev–Trinajstić information content (AvgIpc) is 3.18.